The molecule has 1 unspecified atom stereocenters. The highest BCUT2D eigenvalue weighted by atomic mass is 32.2. The highest BCUT2D eigenvalue weighted by Gasteiger charge is 2.29. The lowest BCUT2D eigenvalue weighted by Crippen LogP contribution is -2.14. The number of hydrogen-bond acceptors (Lipinski definition) is 5. The van der Waals surface area contributed by atoms with Crippen LogP contribution in [0.15, 0.2) is 71.4 Å². The summed E-state index contributed by atoms with van der Waals surface area (Å²) >= 11 is 0. The Balaban J connectivity index is 2.54. The van der Waals surface area contributed by atoms with Gasteiger partial charge < -0.3 is 9.47 Å². The lowest BCUT2D eigenvalue weighted by atomic mass is 10.1. The molecule has 0 bridgehead atoms. The van der Waals surface area contributed by atoms with Crippen molar-refractivity contribution in [2.45, 2.75) is 17.1 Å². The van der Waals surface area contributed by atoms with Gasteiger partial charge in [-0.2, -0.15) is 4.39 Å². The molecule has 0 aliphatic rings. The molecule has 0 N–H and O–H groups in total. The van der Waals surface area contributed by atoms with Gasteiger partial charge in [0.15, 0.2) is 9.84 Å². The minimum absolute atomic E-state index is 0.0151. The molecule has 0 radical (unpaired) electrons. The van der Waals surface area contributed by atoms with Gasteiger partial charge in [0.2, 0.25) is 5.83 Å². The lowest BCUT2D eigenvalue weighted by Gasteiger charge is -2.15. The number of carbonyl (C=O) groups is 1. The maximum Gasteiger partial charge on any atom is 0.366 e. The van der Waals surface area contributed by atoms with Crippen LogP contribution in [0, 0.1) is 0 Å². The number of halogens is 1. The zero-order valence-corrected chi connectivity index (χ0v) is 15.2. The van der Waals surface area contributed by atoms with Crippen molar-refractivity contribution >= 4 is 15.8 Å². The Bertz CT molecular complexity index is 874. The fourth-order valence-corrected chi connectivity index (χ4v) is 3.96. The van der Waals surface area contributed by atoms with E-state index in [1.54, 1.807) is 30.3 Å². The Morgan fingerprint density at radius 2 is 1.73 bits per heavy atom. The number of rotatable bonds is 7. The molecule has 0 aromatic heterocycles. The summed E-state index contributed by atoms with van der Waals surface area (Å²) in [6.07, 6.45) is 0.766. The van der Waals surface area contributed by atoms with Gasteiger partial charge in [-0.3, -0.25) is 0 Å². The molecule has 2 aromatic rings. The molecule has 2 aromatic carbocycles. The number of esters is 1. The molecular formula is C19H19FO5S. The third-order valence-corrected chi connectivity index (χ3v) is 5.62. The van der Waals surface area contributed by atoms with E-state index in [-0.39, 0.29) is 11.5 Å². The van der Waals surface area contributed by atoms with Crippen LogP contribution < -0.4 is 4.74 Å². The number of sulfone groups is 1. The van der Waals surface area contributed by atoms with Crippen molar-refractivity contribution in [1.29, 1.82) is 0 Å². The predicted molar refractivity (Wildman–Crippen MR) is 95.2 cm³/mol. The molecule has 0 heterocycles. The molecule has 26 heavy (non-hydrogen) atoms. The first-order valence-corrected chi connectivity index (χ1v) is 9.42. The Hall–Kier alpha value is -2.67. The van der Waals surface area contributed by atoms with Crippen molar-refractivity contribution in [3.8, 4) is 5.75 Å². The van der Waals surface area contributed by atoms with Crippen LogP contribution in [0.2, 0.25) is 0 Å². The van der Waals surface area contributed by atoms with Crippen LogP contribution in [0.5, 0.6) is 5.75 Å². The van der Waals surface area contributed by atoms with E-state index in [2.05, 4.69) is 4.74 Å². The third-order valence-electron chi connectivity index (χ3n) is 3.62. The number of methoxy groups -OCH3 is 1. The van der Waals surface area contributed by atoms with E-state index in [4.69, 9.17) is 4.74 Å². The van der Waals surface area contributed by atoms with Crippen molar-refractivity contribution < 1.29 is 27.1 Å². The molecule has 0 spiro atoms. The topological polar surface area (TPSA) is 69.7 Å². The minimum atomic E-state index is -3.98. The molecule has 1 atom stereocenters. The summed E-state index contributed by atoms with van der Waals surface area (Å²) in [6, 6.07) is 13.8. The fraction of sp³-hybridized carbons (Fsp3) is 0.211. The van der Waals surface area contributed by atoms with Crippen LogP contribution >= 0.6 is 0 Å². The van der Waals surface area contributed by atoms with Gasteiger partial charge in [-0.1, -0.05) is 30.3 Å². The first kappa shape index (κ1) is 19.7. The zero-order valence-electron chi connectivity index (χ0n) is 14.4. The third kappa shape index (κ3) is 4.49. The van der Waals surface area contributed by atoms with Crippen molar-refractivity contribution in [2.75, 3.05) is 13.7 Å². The van der Waals surface area contributed by atoms with Gasteiger partial charge in [0.25, 0.3) is 0 Å². The van der Waals surface area contributed by atoms with E-state index in [0.717, 1.165) is 6.08 Å². The van der Waals surface area contributed by atoms with Crippen molar-refractivity contribution in [2.24, 2.45) is 0 Å². The number of hydrogen-bond donors (Lipinski definition) is 0. The molecular weight excluding hydrogens is 359 g/mol. The average Bonchev–Trinajstić information content (AvgIpc) is 2.66. The fourth-order valence-electron chi connectivity index (χ4n) is 2.32. The highest BCUT2D eigenvalue weighted by Crippen LogP contribution is 2.32. The number of benzene rings is 2. The second-order valence-corrected chi connectivity index (χ2v) is 7.36. The Morgan fingerprint density at radius 1 is 1.12 bits per heavy atom. The molecule has 2 rings (SSSR count). The van der Waals surface area contributed by atoms with E-state index in [1.807, 2.05) is 0 Å². The molecule has 0 amide bonds. The largest absolute Gasteiger partial charge is 0.497 e. The number of carbonyl (C=O) groups excluding carboxylic acids is 1. The monoisotopic (exact) mass is 378 g/mol. The summed E-state index contributed by atoms with van der Waals surface area (Å²) in [5.74, 6) is -1.93. The maximum atomic E-state index is 14.2. The van der Waals surface area contributed by atoms with E-state index < -0.39 is 26.9 Å². The Morgan fingerprint density at radius 3 is 2.27 bits per heavy atom. The quantitative estimate of drug-likeness (QED) is 0.544. The van der Waals surface area contributed by atoms with E-state index in [0.29, 0.717) is 11.3 Å². The predicted octanol–water partition coefficient (Wildman–Crippen LogP) is 3.63. The van der Waals surface area contributed by atoms with Gasteiger partial charge in [0.1, 0.15) is 11.0 Å². The smallest absolute Gasteiger partial charge is 0.366 e. The highest BCUT2D eigenvalue weighted by molar-refractivity contribution is 7.91. The van der Waals surface area contributed by atoms with Gasteiger partial charge in [0, 0.05) is 0 Å². The lowest BCUT2D eigenvalue weighted by molar-refractivity contribution is -0.140. The Labute approximate surface area is 152 Å². The summed E-state index contributed by atoms with van der Waals surface area (Å²) in [4.78, 5) is 11.6. The summed E-state index contributed by atoms with van der Waals surface area (Å²) in [5, 5.41) is -1.39. The van der Waals surface area contributed by atoms with Crippen LogP contribution in [0.25, 0.3) is 0 Å². The molecule has 138 valence electrons. The van der Waals surface area contributed by atoms with Crippen LogP contribution in [0.1, 0.15) is 17.7 Å². The van der Waals surface area contributed by atoms with Crippen LogP contribution in [0.4, 0.5) is 4.39 Å². The van der Waals surface area contributed by atoms with Gasteiger partial charge in [0.05, 0.1) is 18.6 Å². The van der Waals surface area contributed by atoms with Crippen molar-refractivity contribution in [3.05, 3.63) is 72.1 Å². The summed E-state index contributed by atoms with van der Waals surface area (Å²) in [5.41, 5.74) is 0.300. The second kappa shape index (κ2) is 8.62. The van der Waals surface area contributed by atoms with Crippen molar-refractivity contribution in [1.82, 2.24) is 0 Å². The summed E-state index contributed by atoms with van der Waals surface area (Å²) in [7, 11) is -2.50. The molecule has 0 fully saturated rings. The first-order valence-electron chi connectivity index (χ1n) is 7.87. The van der Waals surface area contributed by atoms with E-state index >= 15 is 0 Å². The average molecular weight is 378 g/mol. The van der Waals surface area contributed by atoms with Gasteiger partial charge in [-0.05, 0) is 42.8 Å². The van der Waals surface area contributed by atoms with E-state index in [1.165, 1.54) is 38.3 Å². The molecule has 0 aliphatic heterocycles. The normalized spacial score (nSPS) is 13.1. The van der Waals surface area contributed by atoms with Gasteiger partial charge in [-0.25, -0.2) is 13.2 Å². The first-order chi connectivity index (χ1) is 12.4. The Kier molecular flexibility index (Phi) is 6.52. The maximum absolute atomic E-state index is 14.2. The molecule has 0 saturated heterocycles. The number of ether oxygens (including phenoxy) is 2. The summed E-state index contributed by atoms with van der Waals surface area (Å²) < 4.78 is 49.9. The second-order valence-electron chi connectivity index (χ2n) is 5.29. The molecule has 0 saturated carbocycles. The van der Waals surface area contributed by atoms with Crippen LogP contribution in [-0.4, -0.2) is 28.1 Å². The molecule has 5 nitrogen and oxygen atoms in total. The van der Waals surface area contributed by atoms with Gasteiger partial charge in [-0.15, -0.1) is 0 Å². The SMILES string of the molecule is CCOC(=O)/C(F)=C/C(c1ccc(OC)cc1)S(=O)(=O)c1ccccc1. The minimum Gasteiger partial charge on any atom is -0.497 e. The van der Waals surface area contributed by atoms with Gasteiger partial charge >= 0.3 is 5.97 Å². The summed E-state index contributed by atoms with van der Waals surface area (Å²) in [6.45, 7) is 1.52. The zero-order chi connectivity index (χ0) is 19.2. The molecule has 0 aliphatic carbocycles. The van der Waals surface area contributed by atoms with Crippen LogP contribution in [0.3, 0.4) is 0 Å². The van der Waals surface area contributed by atoms with E-state index in [9.17, 15) is 17.6 Å². The molecule has 7 heteroatoms. The van der Waals surface area contributed by atoms with Crippen LogP contribution in [-0.2, 0) is 19.4 Å². The van der Waals surface area contributed by atoms with Crippen molar-refractivity contribution in [3.63, 3.8) is 0 Å². The standard InChI is InChI=1S/C19H19FO5S/c1-3-25-19(21)17(20)13-18(14-9-11-15(24-2)12-10-14)26(22,23)16-7-5-4-6-8-16/h4-13,18H,3H2,1-2H3/b17-13-.